The molecule has 0 aromatic heterocycles. The smallest absolute Gasteiger partial charge is 0.223 e. The number of nitrogens with one attached hydrogen (secondary N) is 1. The number of ether oxygens (including phenoxy) is 1. The second kappa shape index (κ2) is 6.89. The largest absolute Gasteiger partial charge is 0.496 e. The number of fused-ring (bicyclic) bond motifs is 1. The molecule has 1 aromatic rings. The number of hydrogen-bond acceptors (Lipinski definition) is 4. The maximum Gasteiger partial charge on any atom is 0.223 e. The Hall–Kier alpha value is -1.59. The number of rotatable bonds is 4. The SMILES string of the molecule is COc1cc2c(cc1CNC(=O)[C@H]1CC[C@H](N)[C@@H](O)C1)CCC2. The molecule has 1 aromatic carbocycles. The maximum atomic E-state index is 12.4. The summed E-state index contributed by atoms with van der Waals surface area (Å²) in [4.78, 5) is 12.4. The van der Waals surface area contributed by atoms with Crippen molar-refractivity contribution in [1.82, 2.24) is 5.32 Å². The molecule has 2 aliphatic carbocycles. The Morgan fingerprint density at radius 2 is 2.09 bits per heavy atom. The average Bonchev–Trinajstić information content (AvgIpc) is 3.01. The zero-order valence-electron chi connectivity index (χ0n) is 13.7. The molecule has 0 aliphatic heterocycles. The number of carbonyl (C=O) groups excluding carboxylic acids is 1. The third-order valence-electron chi connectivity index (χ3n) is 5.19. The third-order valence-corrected chi connectivity index (χ3v) is 5.19. The maximum absolute atomic E-state index is 12.4. The topological polar surface area (TPSA) is 84.6 Å². The van der Waals surface area contributed by atoms with Crippen molar-refractivity contribution in [3.05, 3.63) is 28.8 Å². The Labute approximate surface area is 137 Å². The van der Waals surface area contributed by atoms with Crippen LogP contribution in [-0.4, -0.2) is 30.3 Å². The second-order valence-electron chi connectivity index (χ2n) is 6.75. The van der Waals surface area contributed by atoms with E-state index in [1.165, 1.54) is 17.5 Å². The van der Waals surface area contributed by atoms with Gasteiger partial charge in [-0.05, 0) is 55.7 Å². The van der Waals surface area contributed by atoms with Gasteiger partial charge in [0, 0.05) is 24.1 Å². The molecule has 1 fully saturated rings. The first kappa shape index (κ1) is 16.3. The molecule has 126 valence electrons. The molecule has 3 rings (SSSR count). The van der Waals surface area contributed by atoms with Gasteiger partial charge < -0.3 is 20.9 Å². The highest BCUT2D eigenvalue weighted by Crippen LogP contribution is 2.30. The summed E-state index contributed by atoms with van der Waals surface area (Å²) in [5, 5.41) is 12.8. The Kier molecular flexibility index (Phi) is 4.87. The Bertz CT molecular complexity index is 588. The fraction of sp³-hybridized carbons (Fsp3) is 0.611. The summed E-state index contributed by atoms with van der Waals surface area (Å²) in [5.41, 5.74) is 9.55. The fourth-order valence-electron chi connectivity index (χ4n) is 3.72. The molecule has 0 saturated heterocycles. The number of aryl methyl sites for hydroxylation is 2. The van der Waals surface area contributed by atoms with Gasteiger partial charge in [0.25, 0.3) is 0 Å². The van der Waals surface area contributed by atoms with Crippen molar-refractivity contribution in [2.75, 3.05) is 7.11 Å². The van der Waals surface area contributed by atoms with Crippen LogP contribution in [0.2, 0.25) is 0 Å². The molecule has 0 spiro atoms. The summed E-state index contributed by atoms with van der Waals surface area (Å²) in [6.07, 6.45) is 4.72. The van der Waals surface area contributed by atoms with Crippen molar-refractivity contribution in [2.45, 2.75) is 57.2 Å². The van der Waals surface area contributed by atoms with Crippen LogP contribution in [0.15, 0.2) is 12.1 Å². The average molecular weight is 318 g/mol. The lowest BCUT2D eigenvalue weighted by molar-refractivity contribution is -0.127. The highest BCUT2D eigenvalue weighted by Gasteiger charge is 2.30. The van der Waals surface area contributed by atoms with Crippen LogP contribution in [0, 0.1) is 5.92 Å². The molecule has 0 heterocycles. The van der Waals surface area contributed by atoms with Crippen molar-refractivity contribution in [3.63, 3.8) is 0 Å². The summed E-state index contributed by atoms with van der Waals surface area (Å²) < 4.78 is 5.47. The molecule has 1 saturated carbocycles. The van der Waals surface area contributed by atoms with Gasteiger partial charge in [-0.3, -0.25) is 4.79 Å². The van der Waals surface area contributed by atoms with E-state index in [-0.39, 0.29) is 17.9 Å². The van der Waals surface area contributed by atoms with Gasteiger partial charge >= 0.3 is 0 Å². The monoisotopic (exact) mass is 318 g/mol. The second-order valence-corrected chi connectivity index (χ2v) is 6.75. The van der Waals surface area contributed by atoms with Gasteiger partial charge in [-0.1, -0.05) is 6.07 Å². The van der Waals surface area contributed by atoms with Crippen LogP contribution in [0.3, 0.4) is 0 Å². The van der Waals surface area contributed by atoms with Crippen LogP contribution in [0.5, 0.6) is 5.75 Å². The summed E-state index contributed by atoms with van der Waals surface area (Å²) in [6, 6.07) is 4.07. The van der Waals surface area contributed by atoms with Crippen molar-refractivity contribution >= 4 is 5.91 Å². The first-order valence-corrected chi connectivity index (χ1v) is 8.48. The molecular formula is C18H26N2O3. The standard InChI is InChI=1S/C18H26N2O3/c1-23-17-9-12-4-2-3-11(12)7-14(17)10-20-18(22)13-5-6-15(19)16(21)8-13/h7,9,13,15-16,21H,2-6,8,10,19H2,1H3,(H,20,22)/t13-,15-,16-/m0/s1. The first-order valence-electron chi connectivity index (χ1n) is 8.48. The lowest BCUT2D eigenvalue weighted by Gasteiger charge is -2.30. The van der Waals surface area contributed by atoms with E-state index in [4.69, 9.17) is 10.5 Å². The zero-order chi connectivity index (χ0) is 16.4. The molecule has 5 heteroatoms. The fourth-order valence-corrected chi connectivity index (χ4v) is 3.72. The van der Waals surface area contributed by atoms with Gasteiger partial charge in [-0.2, -0.15) is 0 Å². The quantitative estimate of drug-likeness (QED) is 0.781. The lowest BCUT2D eigenvalue weighted by Crippen LogP contribution is -2.44. The highest BCUT2D eigenvalue weighted by molar-refractivity contribution is 5.78. The molecule has 2 aliphatic rings. The number of benzene rings is 1. The minimum absolute atomic E-state index is 0.00139. The van der Waals surface area contributed by atoms with Gasteiger partial charge in [0.05, 0.1) is 13.2 Å². The lowest BCUT2D eigenvalue weighted by atomic mass is 9.84. The number of methoxy groups -OCH3 is 1. The molecule has 23 heavy (non-hydrogen) atoms. The summed E-state index contributed by atoms with van der Waals surface area (Å²) in [7, 11) is 1.67. The van der Waals surface area contributed by atoms with Gasteiger partial charge in [-0.15, -0.1) is 0 Å². The van der Waals surface area contributed by atoms with Crippen molar-refractivity contribution < 1.29 is 14.6 Å². The summed E-state index contributed by atoms with van der Waals surface area (Å²) >= 11 is 0. The van der Waals surface area contributed by atoms with E-state index in [1.54, 1.807) is 7.11 Å². The van der Waals surface area contributed by atoms with Crippen LogP contribution < -0.4 is 15.8 Å². The van der Waals surface area contributed by atoms with Crippen molar-refractivity contribution in [2.24, 2.45) is 11.7 Å². The molecule has 3 atom stereocenters. The number of carbonyl (C=O) groups is 1. The van der Waals surface area contributed by atoms with Crippen LogP contribution >= 0.6 is 0 Å². The molecule has 5 nitrogen and oxygen atoms in total. The molecule has 0 radical (unpaired) electrons. The zero-order valence-corrected chi connectivity index (χ0v) is 13.7. The third kappa shape index (κ3) is 3.51. The highest BCUT2D eigenvalue weighted by atomic mass is 16.5. The summed E-state index contributed by atoms with van der Waals surface area (Å²) in [5.74, 6) is 0.695. The first-order chi connectivity index (χ1) is 11.1. The van der Waals surface area contributed by atoms with E-state index in [9.17, 15) is 9.90 Å². The Balaban J connectivity index is 1.63. The van der Waals surface area contributed by atoms with Crippen LogP contribution in [0.1, 0.15) is 42.4 Å². The van der Waals surface area contributed by atoms with Gasteiger partial charge in [0.1, 0.15) is 5.75 Å². The van der Waals surface area contributed by atoms with Crippen molar-refractivity contribution in [1.29, 1.82) is 0 Å². The van der Waals surface area contributed by atoms with E-state index in [2.05, 4.69) is 17.4 Å². The van der Waals surface area contributed by atoms with E-state index >= 15 is 0 Å². The Morgan fingerprint density at radius 3 is 2.78 bits per heavy atom. The van der Waals surface area contributed by atoms with E-state index < -0.39 is 6.10 Å². The normalized spacial score (nSPS) is 26.7. The Morgan fingerprint density at radius 1 is 1.35 bits per heavy atom. The van der Waals surface area contributed by atoms with E-state index in [0.717, 1.165) is 30.6 Å². The number of aliphatic hydroxyl groups is 1. The molecule has 1 amide bonds. The number of hydrogen-bond donors (Lipinski definition) is 3. The molecule has 4 N–H and O–H groups in total. The number of aliphatic hydroxyl groups excluding tert-OH is 1. The molecular weight excluding hydrogens is 292 g/mol. The minimum Gasteiger partial charge on any atom is -0.496 e. The minimum atomic E-state index is -0.575. The number of nitrogens with two attached hydrogens (primary N) is 1. The van der Waals surface area contributed by atoms with Gasteiger partial charge in [0.15, 0.2) is 0 Å². The predicted octanol–water partition coefficient (Wildman–Crippen LogP) is 1.29. The molecule has 0 unspecified atom stereocenters. The van der Waals surface area contributed by atoms with Crippen LogP contribution in [0.4, 0.5) is 0 Å². The molecule has 0 bridgehead atoms. The number of amides is 1. The van der Waals surface area contributed by atoms with E-state index in [1.807, 2.05) is 0 Å². The van der Waals surface area contributed by atoms with Crippen LogP contribution in [-0.2, 0) is 24.2 Å². The summed E-state index contributed by atoms with van der Waals surface area (Å²) in [6.45, 7) is 0.466. The van der Waals surface area contributed by atoms with E-state index in [0.29, 0.717) is 19.4 Å². The van der Waals surface area contributed by atoms with Crippen LogP contribution in [0.25, 0.3) is 0 Å². The van der Waals surface area contributed by atoms with Gasteiger partial charge in [-0.25, -0.2) is 0 Å². The van der Waals surface area contributed by atoms with Gasteiger partial charge in [0.2, 0.25) is 5.91 Å². The predicted molar refractivity (Wildman–Crippen MR) is 88.2 cm³/mol. The van der Waals surface area contributed by atoms with Crippen molar-refractivity contribution in [3.8, 4) is 5.75 Å².